The Hall–Kier alpha value is -3.26. The topological polar surface area (TPSA) is 111 Å². The minimum atomic E-state index is -0.909. The first-order valence-electron chi connectivity index (χ1n) is 7.51. The first kappa shape index (κ1) is 16.6. The van der Waals surface area contributed by atoms with E-state index in [1.807, 2.05) is 19.1 Å². The van der Waals surface area contributed by atoms with E-state index in [4.69, 9.17) is 4.42 Å². The molecule has 0 spiro atoms. The van der Waals surface area contributed by atoms with E-state index < -0.39 is 16.8 Å². The van der Waals surface area contributed by atoms with E-state index in [1.54, 1.807) is 12.1 Å². The molecule has 1 aromatic heterocycles. The van der Waals surface area contributed by atoms with Crippen LogP contribution in [-0.2, 0) is 6.54 Å². The maximum absolute atomic E-state index is 11.9. The molecule has 0 fully saturated rings. The van der Waals surface area contributed by atoms with Crippen LogP contribution >= 0.6 is 0 Å². The summed E-state index contributed by atoms with van der Waals surface area (Å²) in [6.45, 7) is 1.88. The van der Waals surface area contributed by atoms with Crippen molar-refractivity contribution in [1.29, 1.82) is 0 Å². The van der Waals surface area contributed by atoms with Crippen LogP contribution < -0.4 is 5.76 Å². The molecule has 2 aromatic carbocycles. The van der Waals surface area contributed by atoms with E-state index in [0.717, 1.165) is 10.2 Å². The summed E-state index contributed by atoms with van der Waals surface area (Å²) in [5.41, 5.74) is 2.10. The Morgan fingerprint density at radius 1 is 1.20 bits per heavy atom. The smallest absolute Gasteiger partial charge is 0.388 e. The van der Waals surface area contributed by atoms with Crippen molar-refractivity contribution in [1.82, 2.24) is 9.78 Å². The fourth-order valence-corrected chi connectivity index (χ4v) is 2.32. The number of hydrogen-bond acceptors (Lipinski definition) is 6. The second-order valence-electron chi connectivity index (χ2n) is 5.59. The molecular weight excluding hydrogens is 326 g/mol. The van der Waals surface area contributed by atoms with Crippen LogP contribution in [0.25, 0.3) is 11.5 Å². The molecule has 128 valence electrons. The lowest BCUT2D eigenvalue weighted by Gasteiger charge is -2.09. The van der Waals surface area contributed by atoms with Gasteiger partial charge in [0, 0.05) is 17.7 Å². The lowest BCUT2D eigenvalue weighted by atomic mass is 10.1. The van der Waals surface area contributed by atoms with Crippen molar-refractivity contribution in [2.75, 3.05) is 0 Å². The van der Waals surface area contributed by atoms with Gasteiger partial charge in [-0.3, -0.25) is 10.1 Å². The number of aromatic nitrogens is 2. The van der Waals surface area contributed by atoms with E-state index in [9.17, 15) is 20.0 Å². The second kappa shape index (κ2) is 6.70. The number of aliphatic hydroxyl groups is 1. The van der Waals surface area contributed by atoms with E-state index in [2.05, 4.69) is 5.10 Å². The minimum absolute atomic E-state index is 0.0380. The molecule has 1 heterocycles. The molecule has 0 aliphatic heterocycles. The third-order valence-corrected chi connectivity index (χ3v) is 3.74. The summed E-state index contributed by atoms with van der Waals surface area (Å²) in [4.78, 5) is 22.1. The number of aliphatic hydroxyl groups excluding tert-OH is 1. The van der Waals surface area contributed by atoms with E-state index >= 15 is 0 Å². The fourth-order valence-electron chi connectivity index (χ4n) is 2.32. The van der Waals surface area contributed by atoms with Crippen molar-refractivity contribution in [3.8, 4) is 11.5 Å². The van der Waals surface area contributed by atoms with Crippen molar-refractivity contribution >= 4 is 5.69 Å². The number of aryl methyl sites for hydroxylation is 1. The summed E-state index contributed by atoms with van der Waals surface area (Å²) < 4.78 is 6.10. The van der Waals surface area contributed by atoms with Crippen molar-refractivity contribution in [3.63, 3.8) is 0 Å². The highest BCUT2D eigenvalue weighted by Gasteiger charge is 2.16. The third-order valence-electron chi connectivity index (χ3n) is 3.74. The van der Waals surface area contributed by atoms with Crippen LogP contribution in [0.2, 0.25) is 0 Å². The Morgan fingerprint density at radius 2 is 1.84 bits per heavy atom. The van der Waals surface area contributed by atoms with Crippen LogP contribution in [0.3, 0.4) is 0 Å². The SMILES string of the molecule is Cc1ccc(C(O)Cn2nc(-c3ccc([N+](=O)[O-])cc3)oc2=O)cc1. The number of nitro benzene ring substituents is 1. The van der Waals surface area contributed by atoms with Gasteiger partial charge in [0.2, 0.25) is 5.89 Å². The number of hydrogen-bond donors (Lipinski definition) is 1. The maximum atomic E-state index is 11.9. The number of benzene rings is 2. The molecule has 0 saturated carbocycles. The van der Waals surface area contributed by atoms with Crippen molar-refractivity contribution < 1.29 is 14.4 Å². The molecule has 0 saturated heterocycles. The quantitative estimate of drug-likeness (QED) is 0.563. The van der Waals surface area contributed by atoms with E-state index in [-0.39, 0.29) is 18.1 Å². The molecule has 25 heavy (non-hydrogen) atoms. The molecule has 8 heteroatoms. The lowest BCUT2D eigenvalue weighted by Crippen LogP contribution is -2.20. The first-order valence-corrected chi connectivity index (χ1v) is 7.51. The summed E-state index contributed by atoms with van der Waals surface area (Å²) in [6, 6.07) is 12.8. The van der Waals surface area contributed by atoms with E-state index in [0.29, 0.717) is 11.1 Å². The Bertz CT molecular complexity index is 942. The summed E-state index contributed by atoms with van der Waals surface area (Å²) in [5.74, 6) is -0.671. The van der Waals surface area contributed by atoms with Crippen molar-refractivity contribution in [2.45, 2.75) is 19.6 Å². The summed E-state index contributed by atoms with van der Waals surface area (Å²) in [7, 11) is 0. The van der Waals surface area contributed by atoms with Crippen LogP contribution in [-0.4, -0.2) is 19.8 Å². The Labute approximate surface area is 142 Å². The summed E-state index contributed by atoms with van der Waals surface area (Å²) >= 11 is 0. The predicted octanol–water partition coefficient (Wildman–Crippen LogP) is 2.45. The number of rotatable bonds is 5. The third kappa shape index (κ3) is 3.64. The highest BCUT2D eigenvalue weighted by molar-refractivity contribution is 5.55. The van der Waals surface area contributed by atoms with E-state index in [1.165, 1.54) is 24.3 Å². The molecule has 0 amide bonds. The number of non-ortho nitro benzene ring substituents is 1. The summed E-state index contributed by atoms with van der Waals surface area (Å²) in [6.07, 6.45) is -0.909. The molecule has 3 rings (SSSR count). The minimum Gasteiger partial charge on any atom is -0.388 e. The molecule has 3 aromatic rings. The second-order valence-corrected chi connectivity index (χ2v) is 5.59. The zero-order valence-corrected chi connectivity index (χ0v) is 13.3. The van der Waals surface area contributed by atoms with Crippen LogP contribution in [0.15, 0.2) is 57.7 Å². The normalized spacial score (nSPS) is 12.1. The van der Waals surface area contributed by atoms with Gasteiger partial charge in [-0.1, -0.05) is 29.8 Å². The average molecular weight is 341 g/mol. The number of nitro groups is 1. The van der Waals surface area contributed by atoms with Gasteiger partial charge in [-0.2, -0.15) is 4.68 Å². The van der Waals surface area contributed by atoms with Gasteiger partial charge in [-0.05, 0) is 24.6 Å². The summed E-state index contributed by atoms with van der Waals surface area (Å²) in [5, 5.41) is 25.0. The van der Waals surface area contributed by atoms with Crippen molar-refractivity contribution in [2.24, 2.45) is 0 Å². The van der Waals surface area contributed by atoms with Gasteiger partial charge in [0.05, 0.1) is 17.6 Å². The Balaban J connectivity index is 1.81. The molecule has 1 atom stereocenters. The maximum Gasteiger partial charge on any atom is 0.437 e. The van der Waals surface area contributed by atoms with Gasteiger partial charge in [-0.15, -0.1) is 5.10 Å². The molecular formula is C17H15N3O5. The zero-order valence-electron chi connectivity index (χ0n) is 13.3. The molecule has 8 nitrogen and oxygen atoms in total. The first-order chi connectivity index (χ1) is 11.9. The Kier molecular flexibility index (Phi) is 4.44. The predicted molar refractivity (Wildman–Crippen MR) is 89.0 cm³/mol. The van der Waals surface area contributed by atoms with Crippen LogP contribution in [0.1, 0.15) is 17.2 Å². The van der Waals surface area contributed by atoms with Gasteiger partial charge in [0.15, 0.2) is 0 Å². The van der Waals surface area contributed by atoms with Gasteiger partial charge < -0.3 is 9.52 Å². The molecule has 1 unspecified atom stereocenters. The Morgan fingerprint density at radius 3 is 2.44 bits per heavy atom. The molecule has 0 aliphatic rings. The van der Waals surface area contributed by atoms with Gasteiger partial charge in [-0.25, -0.2) is 4.79 Å². The van der Waals surface area contributed by atoms with Crippen LogP contribution in [0, 0.1) is 17.0 Å². The molecule has 0 radical (unpaired) electrons. The zero-order chi connectivity index (χ0) is 18.0. The number of nitrogens with zero attached hydrogens (tertiary/aromatic N) is 3. The van der Waals surface area contributed by atoms with Crippen LogP contribution in [0.4, 0.5) is 5.69 Å². The molecule has 0 aliphatic carbocycles. The highest BCUT2D eigenvalue weighted by atomic mass is 16.6. The largest absolute Gasteiger partial charge is 0.437 e. The van der Waals surface area contributed by atoms with Gasteiger partial charge in [0.25, 0.3) is 5.69 Å². The fraction of sp³-hybridized carbons (Fsp3) is 0.176. The van der Waals surface area contributed by atoms with Crippen LogP contribution in [0.5, 0.6) is 0 Å². The van der Waals surface area contributed by atoms with Gasteiger partial charge >= 0.3 is 5.76 Å². The molecule has 1 N–H and O–H groups in total. The average Bonchev–Trinajstić information content (AvgIpc) is 2.96. The van der Waals surface area contributed by atoms with Crippen molar-refractivity contribution in [3.05, 3.63) is 80.3 Å². The molecule has 0 bridgehead atoms. The monoisotopic (exact) mass is 341 g/mol. The van der Waals surface area contributed by atoms with Gasteiger partial charge in [0.1, 0.15) is 0 Å². The standard InChI is InChI=1S/C17H15N3O5/c1-11-2-4-12(5-3-11)15(21)10-19-17(22)25-16(18-19)13-6-8-14(9-7-13)20(23)24/h2-9,15,21H,10H2,1H3. The highest BCUT2D eigenvalue weighted by Crippen LogP contribution is 2.20. The lowest BCUT2D eigenvalue weighted by molar-refractivity contribution is -0.384.